The van der Waals surface area contributed by atoms with Crippen molar-refractivity contribution < 1.29 is 14.3 Å². The summed E-state index contributed by atoms with van der Waals surface area (Å²) in [5.74, 6) is 0.139. The lowest BCUT2D eigenvalue weighted by atomic mass is 10.1. The van der Waals surface area contributed by atoms with Crippen molar-refractivity contribution in [3.8, 4) is 5.75 Å². The first-order chi connectivity index (χ1) is 10.0. The van der Waals surface area contributed by atoms with Gasteiger partial charge in [0.2, 0.25) is 0 Å². The number of nitrogens with two attached hydrogens (primary N) is 1. The Morgan fingerprint density at radius 3 is 2.76 bits per heavy atom. The molecule has 0 aliphatic rings. The summed E-state index contributed by atoms with van der Waals surface area (Å²) in [5.41, 5.74) is 8.03. The molecule has 0 radical (unpaired) electrons. The van der Waals surface area contributed by atoms with Crippen molar-refractivity contribution in [3.63, 3.8) is 0 Å². The van der Waals surface area contributed by atoms with Crippen LogP contribution in [0.5, 0.6) is 5.75 Å². The van der Waals surface area contributed by atoms with Gasteiger partial charge < -0.3 is 15.7 Å². The van der Waals surface area contributed by atoms with Gasteiger partial charge in [-0.25, -0.2) is 4.39 Å². The Hall–Kier alpha value is -2.08. The highest BCUT2D eigenvalue weighted by molar-refractivity contribution is 9.10. The van der Waals surface area contributed by atoms with E-state index in [2.05, 4.69) is 21.1 Å². The number of nitrogens with zero attached hydrogens (tertiary/aromatic N) is 1. The van der Waals surface area contributed by atoms with Crippen molar-refractivity contribution in [3.05, 3.63) is 63.4 Å². The smallest absolute Gasteiger partial charge is 0.170 e. The Balaban J connectivity index is 2.15. The number of oxime groups is 1. The molecule has 0 aromatic heterocycles. The van der Waals surface area contributed by atoms with E-state index >= 15 is 0 Å². The van der Waals surface area contributed by atoms with Gasteiger partial charge in [-0.2, -0.15) is 0 Å². The molecule has 6 heteroatoms. The summed E-state index contributed by atoms with van der Waals surface area (Å²) < 4.78 is 19.5. The molecule has 2 rings (SSSR count). The van der Waals surface area contributed by atoms with Crippen molar-refractivity contribution in [1.29, 1.82) is 0 Å². The molecule has 0 unspecified atom stereocenters. The third kappa shape index (κ3) is 3.72. The lowest BCUT2D eigenvalue weighted by Gasteiger charge is -2.11. The van der Waals surface area contributed by atoms with Crippen LogP contribution in [0.4, 0.5) is 4.39 Å². The number of benzene rings is 2. The number of rotatable bonds is 4. The molecule has 0 spiro atoms. The largest absolute Gasteiger partial charge is 0.488 e. The molecule has 0 saturated carbocycles. The minimum atomic E-state index is -0.354. The van der Waals surface area contributed by atoms with Gasteiger partial charge in [0.1, 0.15) is 18.2 Å². The average molecular weight is 353 g/mol. The Kier molecular flexibility index (Phi) is 4.80. The number of ether oxygens (including phenoxy) is 1. The number of hydrogen-bond donors (Lipinski definition) is 2. The maximum atomic E-state index is 13.2. The molecule has 21 heavy (non-hydrogen) atoms. The van der Waals surface area contributed by atoms with Crippen LogP contribution < -0.4 is 10.5 Å². The summed E-state index contributed by atoms with van der Waals surface area (Å²) in [7, 11) is 0. The van der Waals surface area contributed by atoms with Crippen molar-refractivity contribution >= 4 is 21.8 Å². The fourth-order valence-corrected chi connectivity index (χ4v) is 2.18. The minimum absolute atomic E-state index is 0.0541. The second kappa shape index (κ2) is 6.58. The first-order valence-electron chi connectivity index (χ1n) is 6.16. The first kappa shape index (κ1) is 15.3. The second-order valence-electron chi connectivity index (χ2n) is 4.49. The van der Waals surface area contributed by atoms with Crippen LogP contribution >= 0.6 is 15.9 Å². The predicted molar refractivity (Wildman–Crippen MR) is 82.1 cm³/mol. The van der Waals surface area contributed by atoms with E-state index in [1.807, 2.05) is 13.0 Å². The third-order valence-electron chi connectivity index (χ3n) is 3.02. The highest BCUT2D eigenvalue weighted by atomic mass is 79.9. The quantitative estimate of drug-likeness (QED) is 0.382. The molecule has 110 valence electrons. The third-order valence-corrected chi connectivity index (χ3v) is 3.68. The van der Waals surface area contributed by atoms with Crippen LogP contribution in [0, 0.1) is 12.7 Å². The highest BCUT2D eigenvalue weighted by Crippen LogP contribution is 2.26. The molecule has 0 heterocycles. The van der Waals surface area contributed by atoms with E-state index in [0.29, 0.717) is 22.4 Å². The maximum Gasteiger partial charge on any atom is 0.170 e. The molecule has 0 saturated heterocycles. The number of hydrogen-bond acceptors (Lipinski definition) is 3. The maximum absolute atomic E-state index is 13.2. The molecule has 2 aromatic carbocycles. The summed E-state index contributed by atoms with van der Waals surface area (Å²) >= 11 is 3.31. The SMILES string of the molecule is Cc1cc(/C(N)=N/O)ccc1COc1cc(F)ccc1Br. The molecule has 3 N–H and O–H groups in total. The van der Waals surface area contributed by atoms with Gasteiger partial charge in [0.15, 0.2) is 5.84 Å². The zero-order valence-electron chi connectivity index (χ0n) is 11.3. The number of halogens is 2. The molecule has 0 aliphatic heterocycles. The van der Waals surface area contributed by atoms with Crippen molar-refractivity contribution in [1.82, 2.24) is 0 Å². The second-order valence-corrected chi connectivity index (χ2v) is 5.34. The Bertz CT molecular complexity index is 689. The van der Waals surface area contributed by atoms with Crippen LogP contribution in [0.25, 0.3) is 0 Å². The normalized spacial score (nSPS) is 11.5. The van der Waals surface area contributed by atoms with Crippen LogP contribution in [0.1, 0.15) is 16.7 Å². The monoisotopic (exact) mass is 352 g/mol. The van der Waals surface area contributed by atoms with E-state index in [1.54, 1.807) is 18.2 Å². The molecule has 0 aliphatic carbocycles. The Morgan fingerprint density at radius 2 is 2.10 bits per heavy atom. The van der Waals surface area contributed by atoms with Gasteiger partial charge in [-0.1, -0.05) is 17.3 Å². The van der Waals surface area contributed by atoms with Gasteiger partial charge in [-0.05, 0) is 52.2 Å². The molecule has 2 aromatic rings. The average Bonchev–Trinajstić information content (AvgIpc) is 2.48. The van der Waals surface area contributed by atoms with Gasteiger partial charge in [-0.15, -0.1) is 0 Å². The van der Waals surface area contributed by atoms with Crippen molar-refractivity contribution in [2.75, 3.05) is 0 Å². The highest BCUT2D eigenvalue weighted by Gasteiger charge is 2.07. The van der Waals surface area contributed by atoms with E-state index in [-0.39, 0.29) is 11.7 Å². The van der Waals surface area contributed by atoms with E-state index in [1.165, 1.54) is 12.1 Å². The van der Waals surface area contributed by atoms with Crippen molar-refractivity contribution in [2.45, 2.75) is 13.5 Å². The zero-order chi connectivity index (χ0) is 15.4. The van der Waals surface area contributed by atoms with E-state index in [9.17, 15) is 4.39 Å². The summed E-state index contributed by atoms with van der Waals surface area (Å²) in [6.45, 7) is 2.19. The predicted octanol–water partition coefficient (Wildman–Crippen LogP) is 3.57. The molecule has 0 bridgehead atoms. The number of aryl methyl sites for hydroxylation is 1. The van der Waals surface area contributed by atoms with Crippen molar-refractivity contribution in [2.24, 2.45) is 10.9 Å². The molecule has 0 amide bonds. The van der Waals surface area contributed by atoms with Crippen LogP contribution in [0.3, 0.4) is 0 Å². The van der Waals surface area contributed by atoms with E-state index < -0.39 is 0 Å². The van der Waals surface area contributed by atoms with Crippen LogP contribution in [0.2, 0.25) is 0 Å². The lowest BCUT2D eigenvalue weighted by Crippen LogP contribution is -2.13. The summed E-state index contributed by atoms with van der Waals surface area (Å²) in [6, 6.07) is 9.64. The first-order valence-corrected chi connectivity index (χ1v) is 6.96. The Labute approximate surface area is 130 Å². The Morgan fingerprint density at radius 1 is 1.33 bits per heavy atom. The summed E-state index contributed by atoms with van der Waals surface area (Å²) in [5, 5.41) is 11.6. The lowest BCUT2D eigenvalue weighted by molar-refractivity contribution is 0.302. The topological polar surface area (TPSA) is 67.8 Å². The zero-order valence-corrected chi connectivity index (χ0v) is 12.9. The van der Waals surface area contributed by atoms with E-state index in [0.717, 1.165) is 11.1 Å². The van der Waals surface area contributed by atoms with Gasteiger partial charge in [0.05, 0.1) is 4.47 Å². The van der Waals surface area contributed by atoms with Gasteiger partial charge in [-0.3, -0.25) is 0 Å². The van der Waals surface area contributed by atoms with Gasteiger partial charge in [0, 0.05) is 11.6 Å². The van der Waals surface area contributed by atoms with E-state index in [4.69, 9.17) is 15.7 Å². The molecular formula is C15H14BrFN2O2. The summed E-state index contributed by atoms with van der Waals surface area (Å²) in [6.07, 6.45) is 0. The fraction of sp³-hybridized carbons (Fsp3) is 0.133. The molecular weight excluding hydrogens is 339 g/mol. The van der Waals surface area contributed by atoms with Gasteiger partial charge >= 0.3 is 0 Å². The van der Waals surface area contributed by atoms with Crippen LogP contribution in [0.15, 0.2) is 46.0 Å². The molecule has 0 fully saturated rings. The fourth-order valence-electron chi connectivity index (χ4n) is 1.82. The standard InChI is InChI=1S/C15H14BrFN2O2/c1-9-6-10(15(18)19-20)2-3-11(9)8-21-14-7-12(17)4-5-13(14)16/h2-7,20H,8H2,1H3,(H2,18,19). The molecule has 4 nitrogen and oxygen atoms in total. The number of amidine groups is 1. The molecule has 0 atom stereocenters. The summed E-state index contributed by atoms with van der Waals surface area (Å²) in [4.78, 5) is 0. The minimum Gasteiger partial charge on any atom is -0.488 e. The van der Waals surface area contributed by atoms with Crippen LogP contribution in [-0.4, -0.2) is 11.0 Å². The van der Waals surface area contributed by atoms with Gasteiger partial charge in [0.25, 0.3) is 0 Å². The van der Waals surface area contributed by atoms with Crippen LogP contribution in [-0.2, 0) is 6.61 Å².